The van der Waals surface area contributed by atoms with Gasteiger partial charge in [0.1, 0.15) is 5.76 Å². The zero-order valence-electron chi connectivity index (χ0n) is 12.2. The highest BCUT2D eigenvalue weighted by atomic mass is 19.2. The fourth-order valence-corrected chi connectivity index (χ4v) is 2.37. The third kappa shape index (κ3) is 3.49. The van der Waals surface area contributed by atoms with Gasteiger partial charge in [0.15, 0.2) is 11.6 Å². The molecular weight excluding hydrogens is 276 g/mol. The lowest BCUT2D eigenvalue weighted by Crippen LogP contribution is -2.34. The normalized spacial score (nSPS) is 15.7. The summed E-state index contributed by atoms with van der Waals surface area (Å²) < 4.78 is 31.5. The molecule has 1 aromatic heterocycles. The van der Waals surface area contributed by atoms with Crippen LogP contribution >= 0.6 is 0 Å². The molecule has 5 heteroatoms. The minimum atomic E-state index is -0.964. The summed E-state index contributed by atoms with van der Waals surface area (Å²) in [5, 5.41) is 13.4. The first kappa shape index (κ1) is 15.7. The molecule has 0 aliphatic carbocycles. The number of aliphatic hydroxyl groups is 1. The van der Waals surface area contributed by atoms with Crippen molar-refractivity contribution in [2.45, 2.75) is 39.0 Å². The smallest absolute Gasteiger partial charge is 0.159 e. The number of hydrogen-bond acceptors (Lipinski definition) is 3. The van der Waals surface area contributed by atoms with Crippen LogP contribution in [0.15, 0.2) is 34.9 Å². The predicted molar refractivity (Wildman–Crippen MR) is 75.8 cm³/mol. The SMILES string of the molecule is Cc1ccoc1C(C)NC(C)C(O)c1ccc(F)c(F)c1. The summed E-state index contributed by atoms with van der Waals surface area (Å²) in [6, 6.07) is 4.82. The van der Waals surface area contributed by atoms with Crippen LogP contribution in [0.3, 0.4) is 0 Å². The van der Waals surface area contributed by atoms with Crippen molar-refractivity contribution in [3.05, 3.63) is 59.1 Å². The molecule has 0 fully saturated rings. The van der Waals surface area contributed by atoms with Gasteiger partial charge in [0.2, 0.25) is 0 Å². The Hall–Kier alpha value is -1.72. The van der Waals surface area contributed by atoms with Gasteiger partial charge in [0, 0.05) is 6.04 Å². The third-order valence-corrected chi connectivity index (χ3v) is 3.57. The Kier molecular flexibility index (Phi) is 4.75. The van der Waals surface area contributed by atoms with E-state index >= 15 is 0 Å². The van der Waals surface area contributed by atoms with Crippen LogP contribution in [-0.4, -0.2) is 11.1 Å². The van der Waals surface area contributed by atoms with E-state index in [2.05, 4.69) is 5.32 Å². The van der Waals surface area contributed by atoms with Gasteiger partial charge in [-0.25, -0.2) is 8.78 Å². The lowest BCUT2D eigenvalue weighted by atomic mass is 10.0. The van der Waals surface area contributed by atoms with Gasteiger partial charge in [-0.2, -0.15) is 0 Å². The predicted octanol–water partition coefficient (Wildman–Crippen LogP) is 3.64. The number of rotatable bonds is 5. The van der Waals surface area contributed by atoms with Crippen molar-refractivity contribution in [3.8, 4) is 0 Å². The number of nitrogens with one attached hydrogen (secondary N) is 1. The van der Waals surface area contributed by atoms with Gasteiger partial charge in [0.25, 0.3) is 0 Å². The highest BCUT2D eigenvalue weighted by Gasteiger charge is 2.21. The van der Waals surface area contributed by atoms with Gasteiger partial charge in [-0.05, 0) is 50.1 Å². The van der Waals surface area contributed by atoms with E-state index < -0.39 is 17.7 Å². The van der Waals surface area contributed by atoms with Crippen LogP contribution in [0.1, 0.15) is 42.9 Å². The second kappa shape index (κ2) is 6.37. The Balaban J connectivity index is 2.07. The summed E-state index contributed by atoms with van der Waals surface area (Å²) in [6.07, 6.45) is 0.664. The quantitative estimate of drug-likeness (QED) is 0.885. The molecule has 0 amide bonds. The average Bonchev–Trinajstić information content (AvgIpc) is 2.87. The molecule has 0 spiro atoms. The first-order valence-corrected chi connectivity index (χ1v) is 6.83. The highest BCUT2D eigenvalue weighted by Crippen LogP contribution is 2.23. The minimum absolute atomic E-state index is 0.102. The van der Waals surface area contributed by atoms with E-state index in [0.717, 1.165) is 23.5 Å². The number of aryl methyl sites for hydroxylation is 1. The third-order valence-electron chi connectivity index (χ3n) is 3.57. The summed E-state index contributed by atoms with van der Waals surface area (Å²) in [7, 11) is 0. The standard InChI is InChI=1S/C16H19F2NO2/c1-9-6-7-21-16(9)11(3)19-10(2)15(20)12-4-5-13(17)14(18)8-12/h4-8,10-11,15,19-20H,1-3H3. The van der Waals surface area contributed by atoms with Crippen molar-refractivity contribution < 1.29 is 18.3 Å². The van der Waals surface area contributed by atoms with Crippen LogP contribution in [0, 0.1) is 18.6 Å². The number of halogens is 2. The van der Waals surface area contributed by atoms with E-state index in [9.17, 15) is 13.9 Å². The van der Waals surface area contributed by atoms with Gasteiger partial charge < -0.3 is 14.8 Å². The Morgan fingerprint density at radius 1 is 1.14 bits per heavy atom. The van der Waals surface area contributed by atoms with Gasteiger partial charge in [0.05, 0.1) is 18.4 Å². The van der Waals surface area contributed by atoms with Crippen LogP contribution in [0.5, 0.6) is 0 Å². The highest BCUT2D eigenvalue weighted by molar-refractivity contribution is 5.22. The number of furan rings is 1. The first-order chi connectivity index (χ1) is 9.90. The monoisotopic (exact) mass is 295 g/mol. The van der Waals surface area contributed by atoms with E-state index in [-0.39, 0.29) is 12.1 Å². The molecule has 0 radical (unpaired) electrons. The van der Waals surface area contributed by atoms with Crippen molar-refractivity contribution in [3.63, 3.8) is 0 Å². The summed E-state index contributed by atoms with van der Waals surface area (Å²) in [5.41, 5.74) is 1.35. The molecule has 0 aliphatic rings. The largest absolute Gasteiger partial charge is 0.467 e. The van der Waals surface area contributed by atoms with Crippen molar-refractivity contribution >= 4 is 0 Å². The fraction of sp³-hybridized carbons (Fsp3) is 0.375. The maximum absolute atomic E-state index is 13.2. The molecule has 3 unspecified atom stereocenters. The summed E-state index contributed by atoms with van der Waals surface area (Å²) in [5.74, 6) is -1.10. The van der Waals surface area contributed by atoms with Crippen LogP contribution in [0.4, 0.5) is 8.78 Å². The van der Waals surface area contributed by atoms with E-state index in [4.69, 9.17) is 4.42 Å². The zero-order chi connectivity index (χ0) is 15.6. The second-order valence-corrected chi connectivity index (χ2v) is 5.26. The lowest BCUT2D eigenvalue weighted by molar-refractivity contribution is 0.128. The Morgan fingerprint density at radius 3 is 2.43 bits per heavy atom. The fourth-order valence-electron chi connectivity index (χ4n) is 2.37. The number of aliphatic hydroxyl groups excluding tert-OH is 1. The zero-order valence-corrected chi connectivity index (χ0v) is 12.2. The molecule has 0 saturated carbocycles. The summed E-state index contributed by atoms with van der Waals surface area (Å²) in [4.78, 5) is 0. The molecule has 1 aromatic carbocycles. The molecule has 114 valence electrons. The molecule has 0 saturated heterocycles. The first-order valence-electron chi connectivity index (χ1n) is 6.83. The van der Waals surface area contributed by atoms with Crippen molar-refractivity contribution in [2.24, 2.45) is 0 Å². The number of hydrogen-bond donors (Lipinski definition) is 2. The topological polar surface area (TPSA) is 45.4 Å². The summed E-state index contributed by atoms with van der Waals surface area (Å²) in [6.45, 7) is 5.63. The van der Waals surface area contributed by atoms with Crippen molar-refractivity contribution in [1.82, 2.24) is 5.32 Å². The molecule has 1 heterocycles. The number of benzene rings is 1. The van der Waals surface area contributed by atoms with E-state index in [1.165, 1.54) is 6.07 Å². The van der Waals surface area contributed by atoms with E-state index in [1.54, 1.807) is 13.2 Å². The molecule has 3 nitrogen and oxygen atoms in total. The molecule has 2 rings (SSSR count). The maximum atomic E-state index is 13.2. The molecular formula is C16H19F2NO2. The Bertz CT molecular complexity index is 612. The molecule has 21 heavy (non-hydrogen) atoms. The Morgan fingerprint density at radius 2 is 1.86 bits per heavy atom. The van der Waals surface area contributed by atoms with Gasteiger partial charge in [-0.15, -0.1) is 0 Å². The average molecular weight is 295 g/mol. The van der Waals surface area contributed by atoms with Gasteiger partial charge in [-0.1, -0.05) is 6.07 Å². The van der Waals surface area contributed by atoms with Crippen molar-refractivity contribution in [1.29, 1.82) is 0 Å². The second-order valence-electron chi connectivity index (χ2n) is 5.26. The van der Waals surface area contributed by atoms with E-state index in [0.29, 0.717) is 5.56 Å². The summed E-state index contributed by atoms with van der Waals surface area (Å²) >= 11 is 0. The molecule has 3 atom stereocenters. The van der Waals surface area contributed by atoms with Gasteiger partial charge >= 0.3 is 0 Å². The maximum Gasteiger partial charge on any atom is 0.159 e. The molecule has 2 N–H and O–H groups in total. The van der Waals surface area contributed by atoms with Gasteiger partial charge in [-0.3, -0.25) is 0 Å². The van der Waals surface area contributed by atoms with Crippen LogP contribution in [0.25, 0.3) is 0 Å². The lowest BCUT2D eigenvalue weighted by Gasteiger charge is -2.24. The van der Waals surface area contributed by atoms with Crippen LogP contribution in [-0.2, 0) is 0 Å². The minimum Gasteiger partial charge on any atom is -0.467 e. The van der Waals surface area contributed by atoms with E-state index in [1.807, 2.05) is 19.9 Å². The Labute approximate surface area is 122 Å². The van der Waals surface area contributed by atoms with Crippen LogP contribution < -0.4 is 5.32 Å². The van der Waals surface area contributed by atoms with Crippen LogP contribution in [0.2, 0.25) is 0 Å². The molecule has 2 aromatic rings. The molecule has 0 aliphatic heterocycles. The molecule has 0 bridgehead atoms. The van der Waals surface area contributed by atoms with Crippen molar-refractivity contribution in [2.75, 3.05) is 0 Å².